The second-order valence-electron chi connectivity index (χ2n) is 6.36. The van der Waals surface area contributed by atoms with Crippen LogP contribution in [0.15, 0.2) is 39.7 Å². The average molecular weight is 403 g/mol. The summed E-state index contributed by atoms with van der Waals surface area (Å²) in [6, 6.07) is 9.13. The summed E-state index contributed by atoms with van der Waals surface area (Å²) in [5, 5.41) is 6.42. The number of carbonyl (C=O) groups excluding carboxylic acids is 1. The molecular formula is C21H29N3O5. The van der Waals surface area contributed by atoms with Gasteiger partial charge in [-0.2, -0.15) is 0 Å². The van der Waals surface area contributed by atoms with E-state index in [0.29, 0.717) is 36.1 Å². The van der Waals surface area contributed by atoms with Gasteiger partial charge in [0.2, 0.25) is 0 Å². The third-order valence-electron chi connectivity index (χ3n) is 4.05. The monoisotopic (exact) mass is 403 g/mol. The Balaban J connectivity index is 1.94. The first-order valence-electron chi connectivity index (χ1n) is 9.47. The highest BCUT2D eigenvalue weighted by molar-refractivity contribution is 5.90. The summed E-state index contributed by atoms with van der Waals surface area (Å²) >= 11 is 0. The highest BCUT2D eigenvalue weighted by atomic mass is 16.5. The van der Waals surface area contributed by atoms with E-state index >= 15 is 0 Å². The number of rotatable bonds is 9. The molecule has 0 amide bonds. The van der Waals surface area contributed by atoms with Gasteiger partial charge in [0.15, 0.2) is 5.96 Å². The number of esters is 1. The summed E-state index contributed by atoms with van der Waals surface area (Å²) in [6.07, 6.45) is -0.0947. The molecule has 0 spiro atoms. The molecule has 2 aromatic rings. The van der Waals surface area contributed by atoms with E-state index in [1.807, 2.05) is 38.1 Å². The highest BCUT2D eigenvalue weighted by Gasteiger charge is 2.15. The van der Waals surface area contributed by atoms with E-state index in [9.17, 15) is 4.79 Å². The molecule has 2 N–H and O–H groups in total. The number of hydrogen-bond acceptors (Lipinski definition) is 6. The zero-order chi connectivity index (χ0) is 21.2. The van der Waals surface area contributed by atoms with E-state index in [2.05, 4.69) is 15.6 Å². The molecule has 8 nitrogen and oxygen atoms in total. The Labute approximate surface area is 171 Å². The maximum Gasteiger partial charge on any atom is 0.341 e. The molecule has 0 saturated carbocycles. The fourth-order valence-electron chi connectivity index (χ4n) is 2.62. The third kappa shape index (κ3) is 6.74. The van der Waals surface area contributed by atoms with Gasteiger partial charge in [0.05, 0.1) is 20.8 Å². The number of aryl methyl sites for hydroxylation is 1. The standard InChI is InChI=1S/C21H29N3O5/c1-6-22-21(24-13-18-11-19(15(3)29-18)20(25)27-5)23-12-14(2)28-17-9-7-8-16(10-17)26-4/h7-11,14H,6,12-13H2,1-5H3,(H2,22,23,24). The van der Waals surface area contributed by atoms with Gasteiger partial charge in [-0.15, -0.1) is 0 Å². The number of aliphatic imine (C=N–C) groups is 1. The van der Waals surface area contributed by atoms with Crippen molar-refractivity contribution in [2.75, 3.05) is 27.3 Å². The highest BCUT2D eigenvalue weighted by Crippen LogP contribution is 2.20. The van der Waals surface area contributed by atoms with Crippen molar-refractivity contribution in [3.8, 4) is 11.5 Å². The number of guanidine groups is 1. The minimum Gasteiger partial charge on any atom is -0.497 e. The number of carbonyl (C=O) groups is 1. The van der Waals surface area contributed by atoms with Gasteiger partial charge in [-0.1, -0.05) is 6.07 Å². The summed E-state index contributed by atoms with van der Waals surface area (Å²) in [6.45, 7) is 7.22. The lowest BCUT2D eigenvalue weighted by Gasteiger charge is -2.18. The molecule has 0 aliphatic heterocycles. The molecule has 0 aliphatic carbocycles. The Morgan fingerprint density at radius 3 is 2.66 bits per heavy atom. The Morgan fingerprint density at radius 2 is 1.97 bits per heavy atom. The van der Waals surface area contributed by atoms with Crippen LogP contribution in [0, 0.1) is 6.92 Å². The van der Waals surface area contributed by atoms with E-state index in [0.717, 1.165) is 11.5 Å². The van der Waals surface area contributed by atoms with Gasteiger partial charge in [-0.05, 0) is 39.0 Å². The Bertz CT molecular complexity index is 831. The first-order chi connectivity index (χ1) is 14.0. The topological polar surface area (TPSA) is 94.3 Å². The predicted molar refractivity (Wildman–Crippen MR) is 111 cm³/mol. The molecule has 8 heteroatoms. The smallest absolute Gasteiger partial charge is 0.341 e. The molecule has 2 rings (SSSR count). The molecule has 158 valence electrons. The molecular weight excluding hydrogens is 374 g/mol. The Morgan fingerprint density at radius 1 is 1.21 bits per heavy atom. The number of methoxy groups -OCH3 is 2. The van der Waals surface area contributed by atoms with E-state index < -0.39 is 5.97 Å². The van der Waals surface area contributed by atoms with Crippen LogP contribution in [0.4, 0.5) is 0 Å². The first-order valence-corrected chi connectivity index (χ1v) is 9.47. The number of furan rings is 1. The predicted octanol–water partition coefficient (Wildman–Crippen LogP) is 2.91. The van der Waals surface area contributed by atoms with Gasteiger partial charge >= 0.3 is 5.97 Å². The minimum absolute atomic E-state index is 0.0947. The molecule has 0 radical (unpaired) electrons. The van der Waals surface area contributed by atoms with Crippen LogP contribution in [0.5, 0.6) is 11.5 Å². The summed E-state index contributed by atoms with van der Waals surface area (Å²) in [4.78, 5) is 16.2. The summed E-state index contributed by atoms with van der Waals surface area (Å²) < 4.78 is 21.5. The van der Waals surface area contributed by atoms with Crippen LogP contribution in [0.3, 0.4) is 0 Å². The summed E-state index contributed by atoms with van der Waals surface area (Å²) in [7, 11) is 2.96. The maximum absolute atomic E-state index is 11.7. The quantitative estimate of drug-likeness (QED) is 0.378. The van der Waals surface area contributed by atoms with Crippen LogP contribution in [-0.2, 0) is 11.3 Å². The van der Waals surface area contributed by atoms with Crippen LogP contribution >= 0.6 is 0 Å². The molecule has 0 fully saturated rings. The van der Waals surface area contributed by atoms with Gasteiger partial charge in [-0.25, -0.2) is 9.79 Å². The molecule has 0 aliphatic rings. The van der Waals surface area contributed by atoms with E-state index in [1.54, 1.807) is 20.1 Å². The van der Waals surface area contributed by atoms with Crippen LogP contribution in [-0.4, -0.2) is 45.3 Å². The lowest BCUT2D eigenvalue weighted by atomic mass is 10.2. The molecule has 0 bridgehead atoms. The third-order valence-corrected chi connectivity index (χ3v) is 4.05. The lowest BCUT2D eigenvalue weighted by Crippen LogP contribution is -2.41. The van der Waals surface area contributed by atoms with Crippen molar-refractivity contribution >= 4 is 11.9 Å². The van der Waals surface area contributed by atoms with Crippen molar-refractivity contribution < 1.29 is 23.4 Å². The fraction of sp³-hybridized carbons (Fsp3) is 0.429. The van der Waals surface area contributed by atoms with Crippen molar-refractivity contribution in [3.05, 3.63) is 47.4 Å². The van der Waals surface area contributed by atoms with Crippen molar-refractivity contribution in [1.29, 1.82) is 0 Å². The molecule has 1 aromatic heterocycles. The SMILES string of the molecule is CCNC(=NCc1cc(C(=O)OC)c(C)o1)NCC(C)Oc1cccc(OC)c1. The van der Waals surface area contributed by atoms with Crippen molar-refractivity contribution in [2.45, 2.75) is 33.4 Å². The van der Waals surface area contributed by atoms with Gasteiger partial charge in [-0.3, -0.25) is 0 Å². The minimum atomic E-state index is -0.421. The van der Waals surface area contributed by atoms with Gasteiger partial charge in [0.1, 0.15) is 41.2 Å². The fourth-order valence-corrected chi connectivity index (χ4v) is 2.62. The number of hydrogen-bond donors (Lipinski definition) is 2. The Hall–Kier alpha value is -3.16. The van der Waals surface area contributed by atoms with Gasteiger partial charge < -0.3 is 29.3 Å². The number of nitrogens with zero attached hydrogens (tertiary/aromatic N) is 1. The van der Waals surface area contributed by atoms with Crippen LogP contribution in [0.25, 0.3) is 0 Å². The molecule has 1 heterocycles. The zero-order valence-corrected chi connectivity index (χ0v) is 17.6. The number of ether oxygens (including phenoxy) is 3. The summed E-state index contributed by atoms with van der Waals surface area (Å²) in [5.41, 5.74) is 0.413. The van der Waals surface area contributed by atoms with Gasteiger partial charge in [0, 0.05) is 12.6 Å². The second-order valence-corrected chi connectivity index (χ2v) is 6.36. The molecule has 1 atom stereocenters. The maximum atomic E-state index is 11.7. The van der Waals surface area contributed by atoms with E-state index in [-0.39, 0.29) is 12.6 Å². The number of benzene rings is 1. The van der Waals surface area contributed by atoms with Crippen LogP contribution in [0.1, 0.15) is 35.7 Å². The van der Waals surface area contributed by atoms with Crippen molar-refractivity contribution in [2.24, 2.45) is 4.99 Å². The largest absolute Gasteiger partial charge is 0.497 e. The van der Waals surface area contributed by atoms with Crippen LogP contribution in [0.2, 0.25) is 0 Å². The molecule has 1 unspecified atom stereocenters. The normalized spacial score (nSPS) is 12.2. The van der Waals surface area contributed by atoms with E-state index in [1.165, 1.54) is 7.11 Å². The van der Waals surface area contributed by atoms with Crippen LogP contribution < -0.4 is 20.1 Å². The average Bonchev–Trinajstić information content (AvgIpc) is 3.10. The molecule has 1 aromatic carbocycles. The zero-order valence-electron chi connectivity index (χ0n) is 17.6. The number of nitrogens with one attached hydrogen (secondary N) is 2. The van der Waals surface area contributed by atoms with Gasteiger partial charge in [0.25, 0.3) is 0 Å². The second kappa shape index (κ2) is 11.0. The van der Waals surface area contributed by atoms with Crippen molar-refractivity contribution in [1.82, 2.24) is 10.6 Å². The summed E-state index contributed by atoms with van der Waals surface area (Å²) in [5.74, 6) is 2.79. The van der Waals surface area contributed by atoms with Crippen molar-refractivity contribution in [3.63, 3.8) is 0 Å². The molecule has 29 heavy (non-hydrogen) atoms. The molecule has 0 saturated heterocycles. The van der Waals surface area contributed by atoms with E-state index in [4.69, 9.17) is 18.6 Å². The lowest BCUT2D eigenvalue weighted by molar-refractivity contribution is 0.0599. The Kier molecular flexibility index (Phi) is 8.39. The first kappa shape index (κ1) is 22.1.